The maximum atomic E-state index is 14.2. The summed E-state index contributed by atoms with van der Waals surface area (Å²) < 4.78 is 0. The predicted molar refractivity (Wildman–Crippen MR) is 189 cm³/mol. The zero-order valence-electron chi connectivity index (χ0n) is 31.5. The van der Waals surface area contributed by atoms with E-state index in [9.17, 15) is 28.8 Å². The van der Waals surface area contributed by atoms with Gasteiger partial charge in [-0.05, 0) is 53.8 Å². The first-order chi connectivity index (χ1) is 22.6. The molecule has 276 valence electrons. The molecule has 0 aromatic rings. The summed E-state index contributed by atoms with van der Waals surface area (Å²) in [5.74, 6) is -1.39. The minimum atomic E-state index is -1.09. The molecule has 4 aliphatic rings. The number of urea groups is 1. The van der Waals surface area contributed by atoms with Gasteiger partial charge < -0.3 is 31.1 Å². The second kappa shape index (κ2) is 15.6. The number of hydrogen-bond acceptors (Lipinski definition) is 6. The monoisotopic (exact) mass is 686 g/mol. The summed E-state index contributed by atoms with van der Waals surface area (Å²) in [5, 5.41) is 11.0. The topological polar surface area (TPSA) is 157 Å². The van der Waals surface area contributed by atoms with E-state index in [4.69, 9.17) is 0 Å². The van der Waals surface area contributed by atoms with Crippen molar-refractivity contribution in [2.24, 2.45) is 34.0 Å². The van der Waals surface area contributed by atoms with Crippen molar-refractivity contribution in [1.82, 2.24) is 31.1 Å². The van der Waals surface area contributed by atoms with Gasteiger partial charge in [0.05, 0.1) is 12.1 Å². The lowest BCUT2D eigenvalue weighted by atomic mass is 9.84. The van der Waals surface area contributed by atoms with Crippen LogP contribution in [0.2, 0.25) is 0 Å². The molecule has 0 radical (unpaired) electrons. The molecule has 12 heteroatoms. The average molecular weight is 687 g/mol. The van der Waals surface area contributed by atoms with Gasteiger partial charge in [0.2, 0.25) is 23.5 Å². The number of carbonyl (C=O) groups excluding carboxylic acids is 6. The van der Waals surface area contributed by atoms with Crippen LogP contribution in [0.4, 0.5) is 4.79 Å². The zero-order chi connectivity index (χ0) is 37.1. The lowest BCUT2D eigenvalue weighted by molar-refractivity contribution is -0.145. The Bertz CT molecular complexity index is 1280. The molecule has 2 saturated carbocycles. The number of piperidine rings is 2. The third-order valence-corrected chi connectivity index (χ3v) is 10.6. The Kier molecular flexibility index (Phi) is 12.8. The molecule has 2 unspecified atom stereocenters. The van der Waals surface area contributed by atoms with Crippen molar-refractivity contribution in [3.8, 4) is 0 Å². The molecule has 4 fully saturated rings. The highest BCUT2D eigenvalue weighted by atomic mass is 16.2. The summed E-state index contributed by atoms with van der Waals surface area (Å²) in [6.45, 7) is 24.4. The molecular weight excluding hydrogens is 624 g/mol. The SMILES string of the molecule is C=CCNC(=O)C(=O)C(C)NC(=O)[C@@H]1C2[C@H](CN1C(=O)[C@@H](NC(=O)N[C@H](CN1CCCCC1=O)C(C)(C)C)C(C)(C)C)C2(C)C.CC1CC1. The summed E-state index contributed by atoms with van der Waals surface area (Å²) in [4.78, 5) is 81.9. The molecule has 4 N–H and O–H groups in total. The minimum absolute atomic E-state index is 0.0775. The van der Waals surface area contributed by atoms with E-state index in [-0.39, 0.29) is 47.1 Å². The summed E-state index contributed by atoms with van der Waals surface area (Å²) in [6.07, 6.45) is 6.72. The number of nitrogens with one attached hydrogen (secondary N) is 4. The molecule has 2 aliphatic heterocycles. The minimum Gasteiger partial charge on any atom is -0.346 e. The smallest absolute Gasteiger partial charge is 0.315 e. The predicted octanol–water partition coefficient (Wildman–Crippen LogP) is 3.40. The normalized spacial score (nSPS) is 24.6. The average Bonchev–Trinajstić information content (AvgIpc) is 3.82. The van der Waals surface area contributed by atoms with Crippen LogP contribution in [0, 0.1) is 34.0 Å². The third-order valence-electron chi connectivity index (χ3n) is 10.6. The molecule has 2 heterocycles. The van der Waals surface area contributed by atoms with Crippen LogP contribution in [0.3, 0.4) is 0 Å². The van der Waals surface area contributed by atoms with Gasteiger partial charge in [-0.3, -0.25) is 24.0 Å². The molecule has 6 amide bonds. The highest BCUT2D eigenvalue weighted by Crippen LogP contribution is 2.65. The van der Waals surface area contributed by atoms with Crippen molar-refractivity contribution in [1.29, 1.82) is 0 Å². The van der Waals surface area contributed by atoms with Crippen molar-refractivity contribution in [2.45, 2.75) is 126 Å². The zero-order valence-corrected chi connectivity index (χ0v) is 31.5. The van der Waals surface area contributed by atoms with E-state index in [0.717, 1.165) is 18.8 Å². The number of fused-ring (bicyclic) bond motifs is 1. The fourth-order valence-electron chi connectivity index (χ4n) is 6.75. The highest BCUT2D eigenvalue weighted by Gasteiger charge is 2.69. The molecule has 2 saturated heterocycles. The van der Waals surface area contributed by atoms with Crippen LogP contribution in [0.5, 0.6) is 0 Å². The highest BCUT2D eigenvalue weighted by molar-refractivity contribution is 6.38. The summed E-state index contributed by atoms with van der Waals surface area (Å²) in [7, 11) is 0. The first kappa shape index (κ1) is 40.0. The second-order valence-electron chi connectivity index (χ2n) is 17.3. The molecular formula is C37H62N6O6. The number of nitrogens with zero attached hydrogens (tertiary/aromatic N) is 2. The maximum Gasteiger partial charge on any atom is 0.315 e. The molecule has 2 aliphatic carbocycles. The molecule has 49 heavy (non-hydrogen) atoms. The number of likely N-dealkylation sites (tertiary alicyclic amines) is 2. The largest absolute Gasteiger partial charge is 0.346 e. The van der Waals surface area contributed by atoms with Gasteiger partial charge in [0.15, 0.2) is 0 Å². The Balaban J connectivity index is 0.00000151. The van der Waals surface area contributed by atoms with E-state index in [0.29, 0.717) is 26.1 Å². The molecule has 0 spiro atoms. The van der Waals surface area contributed by atoms with Crippen LogP contribution in [0.1, 0.15) is 101 Å². The number of hydrogen-bond donors (Lipinski definition) is 4. The summed E-state index contributed by atoms with van der Waals surface area (Å²) in [6, 6.07) is -3.80. The van der Waals surface area contributed by atoms with Gasteiger partial charge in [-0.15, -0.1) is 6.58 Å². The van der Waals surface area contributed by atoms with Gasteiger partial charge in [-0.25, -0.2) is 4.79 Å². The van der Waals surface area contributed by atoms with Crippen LogP contribution in [0.25, 0.3) is 0 Å². The van der Waals surface area contributed by atoms with Gasteiger partial charge >= 0.3 is 6.03 Å². The first-order valence-electron chi connectivity index (χ1n) is 18.0. The standard InChI is InChI=1S/C33H54N6O6.C4H8/c1-11-15-34-28(43)25(41)19(2)35-27(42)24-23-20(33(23,9)10)17-39(24)29(44)26(32(6,7)8)37-30(45)36-21(31(3,4)5)18-38-16-13-12-14-22(38)40;1-4-2-3-4/h11,19-21,23-24,26H,1,12-18H2,2-10H3,(H,34,43)(H,35,42)(H2,36,37,45);4H,2-3H2,1H3/t19?,20-,21+,23?,24-,26+;/m0./s1. The molecule has 12 nitrogen and oxygen atoms in total. The molecule has 4 rings (SSSR count). The molecule has 0 aromatic carbocycles. The Morgan fingerprint density at radius 2 is 1.59 bits per heavy atom. The number of carbonyl (C=O) groups is 6. The van der Waals surface area contributed by atoms with Crippen LogP contribution in [-0.2, 0) is 24.0 Å². The van der Waals surface area contributed by atoms with Crippen molar-refractivity contribution in [3.05, 3.63) is 12.7 Å². The van der Waals surface area contributed by atoms with Gasteiger partial charge in [-0.2, -0.15) is 0 Å². The van der Waals surface area contributed by atoms with Crippen molar-refractivity contribution < 1.29 is 28.8 Å². The quantitative estimate of drug-likeness (QED) is 0.193. The first-order valence-corrected chi connectivity index (χ1v) is 18.0. The lowest BCUT2D eigenvalue weighted by Gasteiger charge is -2.39. The van der Waals surface area contributed by atoms with E-state index in [1.165, 1.54) is 30.7 Å². The maximum absolute atomic E-state index is 14.2. The third kappa shape index (κ3) is 10.3. The van der Waals surface area contributed by atoms with Crippen molar-refractivity contribution in [3.63, 3.8) is 0 Å². The number of Topliss-reactive ketones (excluding diaryl/α,β-unsaturated/α-hetero) is 1. The Labute approximate surface area is 293 Å². The Morgan fingerprint density at radius 1 is 0.980 bits per heavy atom. The van der Waals surface area contributed by atoms with Crippen molar-refractivity contribution in [2.75, 3.05) is 26.2 Å². The van der Waals surface area contributed by atoms with E-state index >= 15 is 0 Å². The van der Waals surface area contributed by atoms with Gasteiger partial charge in [0.1, 0.15) is 12.1 Å². The molecule has 0 aromatic heterocycles. The molecule has 0 bridgehead atoms. The fraction of sp³-hybridized carbons (Fsp3) is 0.784. The van der Waals surface area contributed by atoms with Gasteiger partial charge in [0, 0.05) is 32.6 Å². The van der Waals surface area contributed by atoms with Crippen LogP contribution in [0.15, 0.2) is 12.7 Å². The van der Waals surface area contributed by atoms with Crippen LogP contribution in [-0.4, -0.2) is 95.6 Å². The Morgan fingerprint density at radius 3 is 2.10 bits per heavy atom. The van der Waals surface area contributed by atoms with Crippen LogP contribution < -0.4 is 21.3 Å². The van der Waals surface area contributed by atoms with Gasteiger partial charge in [-0.1, -0.05) is 81.2 Å². The summed E-state index contributed by atoms with van der Waals surface area (Å²) >= 11 is 0. The lowest BCUT2D eigenvalue weighted by Crippen LogP contribution is -2.62. The number of rotatable bonds is 11. The summed E-state index contributed by atoms with van der Waals surface area (Å²) in [5.41, 5.74) is -1.25. The molecule has 6 atom stereocenters. The van der Waals surface area contributed by atoms with Gasteiger partial charge in [0.25, 0.3) is 5.91 Å². The van der Waals surface area contributed by atoms with E-state index in [1.807, 2.05) is 55.4 Å². The number of ketones is 1. The Hall–Kier alpha value is -3.44. The van der Waals surface area contributed by atoms with E-state index in [2.05, 4.69) is 34.8 Å². The van der Waals surface area contributed by atoms with Crippen LogP contribution >= 0.6 is 0 Å². The van der Waals surface area contributed by atoms with Crippen molar-refractivity contribution >= 4 is 35.4 Å². The van der Waals surface area contributed by atoms with E-state index < -0.39 is 47.2 Å². The van der Waals surface area contributed by atoms with E-state index in [1.54, 1.807) is 4.90 Å². The number of amides is 6. The second-order valence-corrected chi connectivity index (χ2v) is 17.3. The fourth-order valence-corrected chi connectivity index (χ4v) is 6.75.